The van der Waals surface area contributed by atoms with Crippen LogP contribution in [0.1, 0.15) is 10.4 Å². The Bertz CT molecular complexity index is 394. The highest BCUT2D eigenvalue weighted by Crippen LogP contribution is 2.15. The van der Waals surface area contributed by atoms with Gasteiger partial charge in [-0.1, -0.05) is 15.9 Å². The minimum atomic E-state index is -0.890. The first-order chi connectivity index (χ1) is 6.50. The normalized spacial score (nSPS) is 9.86. The van der Waals surface area contributed by atoms with Gasteiger partial charge in [-0.25, -0.2) is 4.39 Å². The SMILES string of the molecule is O=C(C[N+](=O)[O-])c1ccc(Br)cc1F. The molecule has 0 amide bonds. The minimum Gasteiger partial charge on any atom is -0.287 e. The highest BCUT2D eigenvalue weighted by molar-refractivity contribution is 9.10. The lowest BCUT2D eigenvalue weighted by atomic mass is 10.1. The quantitative estimate of drug-likeness (QED) is 0.475. The van der Waals surface area contributed by atoms with Crippen molar-refractivity contribution >= 4 is 21.7 Å². The number of hydrogen-bond acceptors (Lipinski definition) is 3. The number of hydrogen-bond donors (Lipinski definition) is 0. The van der Waals surface area contributed by atoms with E-state index in [1.807, 2.05) is 0 Å². The Morgan fingerprint density at radius 1 is 1.57 bits per heavy atom. The van der Waals surface area contributed by atoms with Crippen molar-refractivity contribution in [1.29, 1.82) is 0 Å². The fourth-order valence-corrected chi connectivity index (χ4v) is 1.25. The zero-order valence-electron chi connectivity index (χ0n) is 6.87. The summed E-state index contributed by atoms with van der Waals surface area (Å²) in [5.41, 5.74) is -0.259. The summed E-state index contributed by atoms with van der Waals surface area (Å²) in [4.78, 5) is 20.3. The van der Waals surface area contributed by atoms with Gasteiger partial charge >= 0.3 is 0 Å². The van der Waals surface area contributed by atoms with Crippen LogP contribution in [0, 0.1) is 15.9 Å². The molecule has 0 spiro atoms. The fraction of sp³-hybridized carbons (Fsp3) is 0.125. The average molecular weight is 262 g/mol. The van der Waals surface area contributed by atoms with Crippen molar-refractivity contribution in [2.75, 3.05) is 6.54 Å². The summed E-state index contributed by atoms with van der Waals surface area (Å²) in [6, 6.07) is 3.76. The number of halogens is 2. The van der Waals surface area contributed by atoms with E-state index >= 15 is 0 Å². The summed E-state index contributed by atoms with van der Waals surface area (Å²) in [6.07, 6.45) is 0. The van der Waals surface area contributed by atoms with Crippen molar-refractivity contribution in [3.05, 3.63) is 44.2 Å². The molecule has 0 aromatic heterocycles. The Hall–Kier alpha value is -1.30. The predicted octanol–water partition coefficient (Wildman–Crippen LogP) is 2.05. The predicted molar refractivity (Wildman–Crippen MR) is 50.3 cm³/mol. The van der Waals surface area contributed by atoms with Gasteiger partial charge in [-0.05, 0) is 18.2 Å². The number of carbonyl (C=O) groups is 1. The lowest BCUT2D eigenvalue weighted by Gasteiger charge is -1.98. The molecular weight excluding hydrogens is 257 g/mol. The first-order valence-corrected chi connectivity index (χ1v) is 4.40. The number of Topliss-reactive ketones (excluding diaryl/α,β-unsaturated/α-hetero) is 1. The highest BCUT2D eigenvalue weighted by Gasteiger charge is 2.16. The molecular formula is C8H5BrFNO3. The van der Waals surface area contributed by atoms with Gasteiger partial charge in [0.25, 0.3) is 6.54 Å². The zero-order chi connectivity index (χ0) is 10.7. The molecule has 74 valence electrons. The van der Waals surface area contributed by atoms with Crippen molar-refractivity contribution in [3.63, 3.8) is 0 Å². The monoisotopic (exact) mass is 261 g/mol. The average Bonchev–Trinajstić information content (AvgIpc) is 2.01. The molecule has 4 nitrogen and oxygen atoms in total. The van der Waals surface area contributed by atoms with E-state index in [9.17, 15) is 19.3 Å². The number of nitrogens with zero attached hydrogens (tertiary/aromatic N) is 1. The van der Waals surface area contributed by atoms with Gasteiger partial charge in [-0.2, -0.15) is 0 Å². The van der Waals surface area contributed by atoms with E-state index in [1.54, 1.807) is 0 Å². The van der Waals surface area contributed by atoms with Gasteiger partial charge in [0, 0.05) is 9.40 Å². The van der Waals surface area contributed by atoms with Crippen molar-refractivity contribution in [2.24, 2.45) is 0 Å². The molecule has 0 aliphatic rings. The summed E-state index contributed by atoms with van der Waals surface area (Å²) >= 11 is 3.01. The van der Waals surface area contributed by atoms with Crippen LogP contribution in [0.25, 0.3) is 0 Å². The lowest BCUT2D eigenvalue weighted by molar-refractivity contribution is -0.465. The minimum absolute atomic E-state index is 0.259. The van der Waals surface area contributed by atoms with Gasteiger partial charge in [0.1, 0.15) is 5.82 Å². The van der Waals surface area contributed by atoms with Crippen molar-refractivity contribution < 1.29 is 14.1 Å². The molecule has 0 saturated carbocycles. The third kappa shape index (κ3) is 2.59. The Kier molecular flexibility index (Phi) is 3.29. The number of benzene rings is 1. The van der Waals surface area contributed by atoms with E-state index in [0.29, 0.717) is 4.47 Å². The van der Waals surface area contributed by atoms with E-state index in [2.05, 4.69) is 15.9 Å². The van der Waals surface area contributed by atoms with Gasteiger partial charge in [0.15, 0.2) is 0 Å². The van der Waals surface area contributed by atoms with Crippen LogP contribution in [0.4, 0.5) is 4.39 Å². The molecule has 0 atom stereocenters. The molecule has 0 unspecified atom stereocenters. The molecule has 0 bridgehead atoms. The third-order valence-corrected chi connectivity index (χ3v) is 2.00. The maximum absolute atomic E-state index is 13.1. The molecule has 0 aliphatic carbocycles. The second kappa shape index (κ2) is 4.28. The highest BCUT2D eigenvalue weighted by atomic mass is 79.9. The van der Waals surface area contributed by atoms with Gasteiger partial charge in [0.2, 0.25) is 5.78 Å². The van der Waals surface area contributed by atoms with E-state index in [0.717, 1.165) is 6.07 Å². The van der Waals surface area contributed by atoms with Crippen LogP contribution in [0.3, 0.4) is 0 Å². The summed E-state index contributed by atoms with van der Waals surface area (Å²) in [7, 11) is 0. The second-order valence-corrected chi connectivity index (χ2v) is 3.45. The van der Waals surface area contributed by atoms with Crippen LogP contribution in [0.5, 0.6) is 0 Å². The topological polar surface area (TPSA) is 60.2 Å². The standard InChI is InChI=1S/C8H5BrFNO3/c9-5-1-2-6(7(10)3-5)8(12)4-11(13)14/h1-3H,4H2. The summed E-state index contributed by atoms with van der Waals surface area (Å²) in [6.45, 7) is -0.890. The zero-order valence-corrected chi connectivity index (χ0v) is 8.45. The van der Waals surface area contributed by atoms with E-state index in [1.165, 1.54) is 12.1 Å². The van der Waals surface area contributed by atoms with E-state index in [4.69, 9.17) is 0 Å². The van der Waals surface area contributed by atoms with Gasteiger partial charge in [-0.3, -0.25) is 14.9 Å². The van der Waals surface area contributed by atoms with Crippen LogP contribution in [0.15, 0.2) is 22.7 Å². The largest absolute Gasteiger partial charge is 0.287 e. The first-order valence-electron chi connectivity index (χ1n) is 3.61. The Labute approximate surface area is 87.0 Å². The number of nitro groups is 1. The molecule has 0 N–H and O–H groups in total. The van der Waals surface area contributed by atoms with Crippen LogP contribution in [0.2, 0.25) is 0 Å². The number of ketones is 1. The van der Waals surface area contributed by atoms with Crippen molar-refractivity contribution in [2.45, 2.75) is 0 Å². The van der Waals surface area contributed by atoms with Gasteiger partial charge < -0.3 is 0 Å². The maximum atomic E-state index is 13.1. The molecule has 1 aromatic rings. The summed E-state index contributed by atoms with van der Waals surface area (Å²) < 4.78 is 13.6. The molecule has 1 rings (SSSR count). The molecule has 0 radical (unpaired) electrons. The molecule has 14 heavy (non-hydrogen) atoms. The molecule has 6 heteroatoms. The Morgan fingerprint density at radius 2 is 2.21 bits per heavy atom. The fourth-order valence-electron chi connectivity index (χ4n) is 0.918. The van der Waals surface area contributed by atoms with Gasteiger partial charge in [-0.15, -0.1) is 0 Å². The Balaban J connectivity index is 2.96. The molecule has 0 saturated heterocycles. The van der Waals surface area contributed by atoms with Crippen LogP contribution < -0.4 is 0 Å². The van der Waals surface area contributed by atoms with Crippen molar-refractivity contribution in [1.82, 2.24) is 0 Å². The molecule has 0 heterocycles. The van der Waals surface area contributed by atoms with E-state index < -0.39 is 23.1 Å². The molecule has 0 fully saturated rings. The van der Waals surface area contributed by atoms with Crippen LogP contribution >= 0.6 is 15.9 Å². The smallest absolute Gasteiger partial charge is 0.265 e. The van der Waals surface area contributed by atoms with Gasteiger partial charge in [0.05, 0.1) is 5.56 Å². The molecule has 0 aliphatic heterocycles. The maximum Gasteiger partial charge on any atom is 0.265 e. The number of rotatable bonds is 3. The second-order valence-electron chi connectivity index (χ2n) is 2.54. The lowest BCUT2D eigenvalue weighted by Crippen LogP contribution is -2.15. The summed E-state index contributed by atoms with van der Waals surface area (Å²) in [5.74, 6) is -1.59. The Morgan fingerprint density at radius 3 is 2.71 bits per heavy atom. The van der Waals surface area contributed by atoms with E-state index in [-0.39, 0.29) is 5.56 Å². The molecule has 1 aromatic carbocycles. The third-order valence-electron chi connectivity index (χ3n) is 1.50. The van der Waals surface area contributed by atoms with Crippen LogP contribution in [-0.2, 0) is 0 Å². The summed E-state index contributed by atoms with van der Waals surface area (Å²) in [5, 5.41) is 10.0. The van der Waals surface area contributed by atoms with Crippen molar-refractivity contribution in [3.8, 4) is 0 Å². The number of carbonyl (C=O) groups excluding carboxylic acids is 1. The first kappa shape index (κ1) is 10.8. The van der Waals surface area contributed by atoms with Crippen LogP contribution in [-0.4, -0.2) is 17.3 Å².